The Labute approximate surface area is 217 Å². The standard InChI is InChI=1S/C27H24N10O/c28-26-30-13-11-22(33-26)19-6-2-7-20(15-19)32-27-31-16-23-24(34-27)37(36-35-23)21-8-1-4-17(14-21)5-3-12-29-25(38)18-9-10-18/h1-4,6-8,11-16,18H,5,9-10H2,(H,29,38)(H2,28,30,33)(H,31,32,34)/b12-3+. The first-order valence-electron chi connectivity index (χ1n) is 12.2. The summed E-state index contributed by atoms with van der Waals surface area (Å²) < 4.78 is 1.68. The number of rotatable bonds is 8. The Bertz CT molecular complexity index is 1660. The smallest absolute Gasteiger partial charge is 0.229 e. The van der Waals surface area contributed by atoms with Crippen molar-refractivity contribution in [2.24, 2.45) is 5.92 Å². The molecule has 1 aliphatic rings. The lowest BCUT2D eigenvalue weighted by Gasteiger charge is -2.08. The normalized spacial score (nSPS) is 13.2. The highest BCUT2D eigenvalue weighted by Gasteiger charge is 2.28. The van der Waals surface area contributed by atoms with E-state index in [9.17, 15) is 4.79 Å². The summed E-state index contributed by atoms with van der Waals surface area (Å²) >= 11 is 0. The maximum absolute atomic E-state index is 11.8. The number of hydrogen-bond acceptors (Lipinski definition) is 9. The van der Waals surface area contributed by atoms with E-state index in [1.54, 1.807) is 29.3 Å². The van der Waals surface area contributed by atoms with Crippen molar-refractivity contribution in [1.82, 2.24) is 40.2 Å². The Balaban J connectivity index is 1.21. The molecule has 0 unspecified atom stereocenters. The van der Waals surface area contributed by atoms with E-state index in [1.165, 1.54) is 0 Å². The Morgan fingerprint density at radius 1 is 1.08 bits per heavy atom. The van der Waals surface area contributed by atoms with Gasteiger partial charge in [-0.3, -0.25) is 4.79 Å². The van der Waals surface area contributed by atoms with Gasteiger partial charge in [-0.05, 0) is 55.2 Å². The summed E-state index contributed by atoms with van der Waals surface area (Å²) in [7, 11) is 0. The molecule has 5 aromatic rings. The number of nitrogens with two attached hydrogens (primary N) is 1. The van der Waals surface area contributed by atoms with E-state index in [0.29, 0.717) is 23.5 Å². The van der Waals surface area contributed by atoms with Crippen molar-refractivity contribution in [1.29, 1.82) is 0 Å². The van der Waals surface area contributed by atoms with Crippen molar-refractivity contribution in [2.45, 2.75) is 19.3 Å². The van der Waals surface area contributed by atoms with Crippen molar-refractivity contribution in [3.63, 3.8) is 0 Å². The van der Waals surface area contributed by atoms with E-state index < -0.39 is 0 Å². The van der Waals surface area contributed by atoms with Gasteiger partial charge < -0.3 is 16.4 Å². The van der Waals surface area contributed by atoms with Crippen LogP contribution < -0.4 is 16.4 Å². The van der Waals surface area contributed by atoms with Crippen LogP contribution in [-0.4, -0.2) is 40.8 Å². The van der Waals surface area contributed by atoms with Gasteiger partial charge in [-0.25, -0.2) is 15.0 Å². The molecule has 3 heterocycles. The third-order valence-electron chi connectivity index (χ3n) is 6.08. The van der Waals surface area contributed by atoms with Crippen LogP contribution in [0.1, 0.15) is 18.4 Å². The quantitative estimate of drug-likeness (QED) is 0.288. The molecule has 0 saturated heterocycles. The van der Waals surface area contributed by atoms with Crippen molar-refractivity contribution in [2.75, 3.05) is 11.1 Å². The van der Waals surface area contributed by atoms with Crippen LogP contribution >= 0.6 is 0 Å². The molecule has 1 aliphatic carbocycles. The fourth-order valence-electron chi connectivity index (χ4n) is 4.00. The van der Waals surface area contributed by atoms with E-state index in [-0.39, 0.29) is 17.8 Å². The number of carbonyl (C=O) groups excluding carboxylic acids is 1. The summed E-state index contributed by atoms with van der Waals surface area (Å²) in [5, 5.41) is 14.6. The van der Waals surface area contributed by atoms with Crippen LogP contribution in [0.2, 0.25) is 0 Å². The minimum absolute atomic E-state index is 0.0960. The van der Waals surface area contributed by atoms with Crippen LogP contribution in [-0.2, 0) is 11.2 Å². The van der Waals surface area contributed by atoms with Gasteiger partial charge in [0.05, 0.1) is 17.6 Å². The number of anilines is 3. The summed E-state index contributed by atoms with van der Waals surface area (Å²) in [6.07, 6.45) is 9.56. The first-order valence-corrected chi connectivity index (χ1v) is 12.2. The second-order valence-corrected chi connectivity index (χ2v) is 8.97. The average Bonchev–Trinajstić information content (AvgIpc) is 3.71. The molecule has 2 aromatic carbocycles. The number of amides is 1. The lowest BCUT2D eigenvalue weighted by Crippen LogP contribution is -2.18. The number of carbonyl (C=O) groups is 1. The minimum Gasteiger partial charge on any atom is -0.368 e. The Hall–Kier alpha value is -5.19. The molecule has 0 radical (unpaired) electrons. The molecule has 38 heavy (non-hydrogen) atoms. The maximum Gasteiger partial charge on any atom is 0.229 e. The second kappa shape index (κ2) is 10.1. The predicted octanol–water partition coefficient (Wildman–Crippen LogP) is 3.58. The number of aromatic nitrogens is 7. The monoisotopic (exact) mass is 504 g/mol. The van der Waals surface area contributed by atoms with Gasteiger partial charge in [-0.15, -0.1) is 5.10 Å². The summed E-state index contributed by atoms with van der Waals surface area (Å²) in [5.41, 5.74) is 11.2. The van der Waals surface area contributed by atoms with Crippen molar-refractivity contribution in [3.05, 3.63) is 84.8 Å². The number of hydrogen-bond donors (Lipinski definition) is 3. The van der Waals surface area contributed by atoms with Crippen molar-refractivity contribution >= 4 is 34.7 Å². The van der Waals surface area contributed by atoms with Crippen LogP contribution in [0.3, 0.4) is 0 Å². The number of benzene rings is 2. The molecule has 11 heteroatoms. The van der Waals surface area contributed by atoms with Crippen molar-refractivity contribution in [3.8, 4) is 16.9 Å². The molecule has 188 valence electrons. The molecule has 1 fully saturated rings. The van der Waals surface area contributed by atoms with Gasteiger partial charge in [0.15, 0.2) is 11.2 Å². The number of allylic oxidation sites excluding steroid dienone is 1. The third-order valence-corrected chi connectivity index (χ3v) is 6.08. The molecule has 11 nitrogen and oxygen atoms in total. The van der Waals surface area contributed by atoms with E-state index in [4.69, 9.17) is 5.73 Å². The lowest BCUT2D eigenvalue weighted by molar-refractivity contribution is -0.121. The molecule has 0 bridgehead atoms. The van der Waals surface area contributed by atoms with Crippen molar-refractivity contribution < 1.29 is 4.79 Å². The lowest BCUT2D eigenvalue weighted by atomic mass is 10.1. The number of nitrogens with zero attached hydrogens (tertiary/aromatic N) is 7. The minimum atomic E-state index is 0.0960. The molecule has 1 amide bonds. The van der Waals surface area contributed by atoms with Gasteiger partial charge in [-0.2, -0.15) is 9.67 Å². The summed E-state index contributed by atoms with van der Waals surface area (Å²) in [4.78, 5) is 29.1. The largest absolute Gasteiger partial charge is 0.368 e. The first kappa shape index (κ1) is 23.2. The van der Waals surface area contributed by atoms with Gasteiger partial charge in [0.1, 0.15) is 0 Å². The van der Waals surface area contributed by atoms with Gasteiger partial charge in [0.2, 0.25) is 17.8 Å². The van der Waals surface area contributed by atoms with Crippen LogP contribution in [0.25, 0.3) is 28.1 Å². The number of nitrogens with one attached hydrogen (secondary N) is 2. The molecular formula is C27H24N10O. The highest BCUT2D eigenvalue weighted by molar-refractivity contribution is 5.81. The third kappa shape index (κ3) is 5.16. The van der Waals surface area contributed by atoms with Crippen LogP contribution in [0.5, 0.6) is 0 Å². The highest BCUT2D eigenvalue weighted by atomic mass is 16.1. The number of nitrogen functional groups attached to an aromatic ring is 1. The average molecular weight is 505 g/mol. The topological polar surface area (TPSA) is 149 Å². The fourth-order valence-corrected chi connectivity index (χ4v) is 4.00. The number of fused-ring (bicyclic) bond motifs is 1. The maximum atomic E-state index is 11.8. The zero-order valence-corrected chi connectivity index (χ0v) is 20.3. The molecule has 1 saturated carbocycles. The second-order valence-electron chi connectivity index (χ2n) is 8.97. The molecule has 0 aliphatic heterocycles. The molecule has 0 atom stereocenters. The Morgan fingerprint density at radius 3 is 2.84 bits per heavy atom. The van der Waals surface area contributed by atoms with Crippen LogP contribution in [0.4, 0.5) is 17.6 Å². The van der Waals surface area contributed by atoms with E-state index in [0.717, 1.165) is 41.0 Å². The molecule has 0 spiro atoms. The van der Waals surface area contributed by atoms with Gasteiger partial charge >= 0.3 is 0 Å². The van der Waals surface area contributed by atoms with Crippen LogP contribution in [0.15, 0.2) is 79.3 Å². The zero-order valence-electron chi connectivity index (χ0n) is 20.3. The molecule has 6 rings (SSSR count). The van der Waals surface area contributed by atoms with Gasteiger partial charge in [-0.1, -0.05) is 35.6 Å². The molecular weight excluding hydrogens is 480 g/mol. The fraction of sp³-hybridized carbons (Fsp3) is 0.148. The van der Waals surface area contributed by atoms with Gasteiger partial charge in [0.25, 0.3) is 0 Å². The van der Waals surface area contributed by atoms with E-state index >= 15 is 0 Å². The highest BCUT2D eigenvalue weighted by Crippen LogP contribution is 2.28. The van der Waals surface area contributed by atoms with Gasteiger partial charge in [0, 0.05) is 29.6 Å². The first-order chi connectivity index (χ1) is 18.6. The van der Waals surface area contributed by atoms with Crippen LogP contribution in [0, 0.1) is 5.92 Å². The summed E-state index contributed by atoms with van der Waals surface area (Å²) in [5.74, 6) is 0.909. The molecule has 4 N–H and O–H groups in total. The molecule has 3 aromatic heterocycles. The predicted molar refractivity (Wildman–Crippen MR) is 143 cm³/mol. The van der Waals surface area contributed by atoms with E-state index in [1.807, 2.05) is 54.6 Å². The SMILES string of the molecule is Nc1nccc(-c2cccc(Nc3ncc4nnn(-c5cccc(C/C=C/NC(=O)C6CC6)c5)c4n3)c2)n1. The van der Waals surface area contributed by atoms with E-state index in [2.05, 4.69) is 40.9 Å². The Morgan fingerprint density at radius 2 is 1.97 bits per heavy atom. The zero-order chi connectivity index (χ0) is 25.9. The summed E-state index contributed by atoms with van der Waals surface area (Å²) in [6, 6.07) is 17.5. The Kier molecular flexibility index (Phi) is 6.14. The summed E-state index contributed by atoms with van der Waals surface area (Å²) in [6.45, 7) is 0.